The van der Waals surface area contributed by atoms with Crippen LogP contribution in [-0.4, -0.2) is 27.4 Å². The molecule has 282 valence electrons. The predicted molar refractivity (Wildman–Crippen MR) is 227 cm³/mol. The molecular weight excluding hydrogens is 726 g/mol. The van der Waals surface area contributed by atoms with Crippen molar-refractivity contribution in [3.05, 3.63) is 244 Å². The number of carbonyl (C=O) groups excluding carboxylic acids is 1. The number of carbonyl (C=O) groups is 1. The van der Waals surface area contributed by atoms with Gasteiger partial charge in [0.1, 0.15) is 5.54 Å². The second kappa shape index (κ2) is 17.0. The zero-order valence-corrected chi connectivity index (χ0v) is 32.1. The quantitative estimate of drug-likeness (QED) is 0.0717. The Hall–Kier alpha value is -6.64. The summed E-state index contributed by atoms with van der Waals surface area (Å²) in [6.07, 6.45) is 0.513. The van der Waals surface area contributed by atoms with Crippen LogP contribution in [0.4, 0.5) is 9.52 Å². The van der Waals surface area contributed by atoms with Gasteiger partial charge >= 0.3 is 0 Å². The smallest absolute Gasteiger partial charge is 0.287 e. The van der Waals surface area contributed by atoms with E-state index in [-0.39, 0.29) is 12.3 Å². The van der Waals surface area contributed by atoms with Crippen molar-refractivity contribution in [2.24, 2.45) is 0 Å². The molecule has 0 radical (unpaired) electrons. The summed E-state index contributed by atoms with van der Waals surface area (Å²) < 4.78 is 15.3. The maximum atomic E-state index is 15.3. The molecule has 57 heavy (non-hydrogen) atoms. The summed E-state index contributed by atoms with van der Waals surface area (Å²) in [6, 6.07) is 61.5. The molecule has 2 heterocycles. The summed E-state index contributed by atoms with van der Waals surface area (Å²) >= 11 is 1.48. The molecule has 3 N–H and O–H groups in total. The maximum Gasteiger partial charge on any atom is 0.287 e. The molecule has 8 aromatic rings. The van der Waals surface area contributed by atoms with Crippen LogP contribution in [0.1, 0.15) is 56.9 Å². The molecule has 0 spiro atoms. The van der Waals surface area contributed by atoms with Crippen LogP contribution >= 0.6 is 11.3 Å². The van der Waals surface area contributed by atoms with Gasteiger partial charge in [-0.2, -0.15) is 4.39 Å². The van der Waals surface area contributed by atoms with Gasteiger partial charge in [0.25, 0.3) is 6.08 Å². The number of halogens is 1. The standard InChI is InChI=1S/C49H42FN5OS/c50-46-53-43(45(54-46)48(36-20-7-1-8-21-36,37-22-9-2-10-23-37)38-24-11-3-12-25-38)32-19-33-51-44(56)34-42-35-57-47(52-42)55-49(39-26-13-4-14-27-39,40-28-15-5-16-29-40)41-30-17-6-18-31-41/h1-18,20-31,35H,19,32-34H2,(H,51,56)(H,52,55)(H,53,54). The van der Waals surface area contributed by atoms with E-state index >= 15 is 4.39 Å². The Labute approximate surface area is 336 Å². The number of H-pyrrole nitrogens is 1. The molecule has 0 saturated heterocycles. The van der Waals surface area contributed by atoms with Crippen molar-refractivity contribution in [2.45, 2.75) is 30.2 Å². The van der Waals surface area contributed by atoms with Crippen LogP contribution in [-0.2, 0) is 28.6 Å². The zero-order chi connectivity index (χ0) is 38.9. The summed E-state index contributed by atoms with van der Waals surface area (Å²) in [7, 11) is 0. The molecule has 0 bridgehead atoms. The molecule has 0 saturated carbocycles. The Bertz CT molecular complexity index is 2300. The molecule has 1 amide bonds. The first-order valence-corrected chi connectivity index (χ1v) is 20.0. The van der Waals surface area contributed by atoms with Gasteiger partial charge in [-0.15, -0.1) is 11.3 Å². The molecule has 6 nitrogen and oxygen atoms in total. The number of thiazole rings is 1. The molecule has 0 atom stereocenters. The van der Waals surface area contributed by atoms with Gasteiger partial charge in [0, 0.05) is 11.9 Å². The Morgan fingerprint density at radius 3 is 1.46 bits per heavy atom. The molecule has 8 heteroatoms. The van der Waals surface area contributed by atoms with Gasteiger partial charge in [0.05, 0.1) is 28.9 Å². The van der Waals surface area contributed by atoms with Gasteiger partial charge in [0.15, 0.2) is 5.13 Å². The number of amides is 1. The lowest BCUT2D eigenvalue weighted by atomic mass is 9.66. The number of anilines is 1. The molecule has 6 aromatic carbocycles. The summed E-state index contributed by atoms with van der Waals surface area (Å²) in [6.45, 7) is 0.399. The Morgan fingerprint density at radius 2 is 1.02 bits per heavy atom. The number of nitrogens with zero attached hydrogens (tertiary/aromatic N) is 2. The summed E-state index contributed by atoms with van der Waals surface area (Å²) in [5, 5.41) is 9.51. The van der Waals surface area contributed by atoms with Gasteiger partial charge in [0.2, 0.25) is 5.91 Å². The van der Waals surface area contributed by atoms with Crippen molar-refractivity contribution in [3.63, 3.8) is 0 Å². The van der Waals surface area contributed by atoms with Crippen molar-refractivity contribution in [1.82, 2.24) is 20.3 Å². The molecule has 0 aliphatic rings. The van der Waals surface area contributed by atoms with E-state index in [4.69, 9.17) is 4.98 Å². The van der Waals surface area contributed by atoms with Gasteiger partial charge in [-0.1, -0.05) is 182 Å². The lowest BCUT2D eigenvalue weighted by Crippen LogP contribution is -2.38. The van der Waals surface area contributed by atoms with Gasteiger partial charge in [-0.3, -0.25) is 4.79 Å². The van der Waals surface area contributed by atoms with E-state index in [1.165, 1.54) is 11.3 Å². The minimum atomic E-state index is -0.852. The zero-order valence-electron chi connectivity index (χ0n) is 31.3. The van der Waals surface area contributed by atoms with E-state index in [2.05, 4.69) is 93.4 Å². The van der Waals surface area contributed by atoms with Gasteiger partial charge in [-0.05, 0) is 46.2 Å². The van der Waals surface area contributed by atoms with Crippen LogP contribution < -0.4 is 10.6 Å². The predicted octanol–water partition coefficient (Wildman–Crippen LogP) is 10.1. The molecule has 0 fully saturated rings. The highest BCUT2D eigenvalue weighted by Crippen LogP contribution is 2.46. The fraction of sp³-hybridized carbons (Fsp3) is 0.122. The van der Waals surface area contributed by atoms with Crippen LogP contribution in [0.15, 0.2) is 187 Å². The number of rotatable bonds is 15. The number of aromatic nitrogens is 3. The lowest BCUT2D eigenvalue weighted by molar-refractivity contribution is -0.120. The van der Waals surface area contributed by atoms with Gasteiger partial charge in [-0.25, -0.2) is 9.97 Å². The molecule has 0 aliphatic carbocycles. The maximum absolute atomic E-state index is 15.3. The third-order valence-corrected chi connectivity index (χ3v) is 11.3. The average molecular weight is 768 g/mol. The average Bonchev–Trinajstić information content (AvgIpc) is 3.88. The number of aromatic amines is 1. The third-order valence-electron chi connectivity index (χ3n) is 10.5. The van der Waals surface area contributed by atoms with Gasteiger partial charge < -0.3 is 15.6 Å². The largest absolute Gasteiger partial charge is 0.356 e. The Kier molecular flexibility index (Phi) is 11.1. The second-order valence-electron chi connectivity index (χ2n) is 13.9. The highest BCUT2D eigenvalue weighted by molar-refractivity contribution is 7.13. The molecule has 8 rings (SSSR count). The number of hydrogen-bond acceptors (Lipinski definition) is 5. The van der Waals surface area contributed by atoms with Crippen LogP contribution in [0.3, 0.4) is 0 Å². The van der Waals surface area contributed by atoms with E-state index in [0.29, 0.717) is 41.6 Å². The monoisotopic (exact) mass is 767 g/mol. The first kappa shape index (κ1) is 37.3. The summed E-state index contributed by atoms with van der Waals surface area (Å²) in [4.78, 5) is 25.6. The van der Waals surface area contributed by atoms with Crippen LogP contribution in [0, 0.1) is 6.08 Å². The van der Waals surface area contributed by atoms with E-state index in [1.807, 2.05) is 115 Å². The highest BCUT2D eigenvalue weighted by atomic mass is 32.1. The summed E-state index contributed by atoms with van der Waals surface area (Å²) in [5.74, 6) is -0.132. The molecule has 0 aliphatic heterocycles. The van der Waals surface area contributed by atoms with Crippen LogP contribution in [0.5, 0.6) is 0 Å². The normalized spacial score (nSPS) is 11.6. The van der Waals surface area contributed by atoms with Crippen molar-refractivity contribution >= 4 is 22.4 Å². The number of nitrogens with one attached hydrogen (secondary N) is 3. The van der Waals surface area contributed by atoms with Crippen molar-refractivity contribution in [3.8, 4) is 0 Å². The minimum Gasteiger partial charge on any atom is -0.356 e. The molecular formula is C49H42FN5OS. The van der Waals surface area contributed by atoms with E-state index in [0.717, 1.165) is 33.4 Å². The fourth-order valence-electron chi connectivity index (χ4n) is 7.96. The number of hydrogen-bond donors (Lipinski definition) is 3. The third kappa shape index (κ3) is 7.64. The Morgan fingerprint density at radius 1 is 0.596 bits per heavy atom. The molecule has 0 unspecified atom stereocenters. The first-order valence-electron chi connectivity index (χ1n) is 19.1. The topological polar surface area (TPSA) is 82.7 Å². The van der Waals surface area contributed by atoms with E-state index < -0.39 is 17.0 Å². The highest BCUT2D eigenvalue weighted by Gasteiger charge is 2.42. The number of aryl methyl sites for hydroxylation is 1. The van der Waals surface area contributed by atoms with Crippen LogP contribution in [0.2, 0.25) is 0 Å². The van der Waals surface area contributed by atoms with E-state index in [9.17, 15) is 4.79 Å². The Balaban J connectivity index is 0.994. The second-order valence-corrected chi connectivity index (χ2v) is 14.8. The summed E-state index contributed by atoms with van der Waals surface area (Å²) in [5.41, 5.74) is 6.60. The van der Waals surface area contributed by atoms with E-state index in [1.54, 1.807) is 0 Å². The van der Waals surface area contributed by atoms with Crippen molar-refractivity contribution in [2.75, 3.05) is 11.9 Å². The number of imidazole rings is 1. The minimum absolute atomic E-state index is 0.132. The first-order chi connectivity index (χ1) is 28.1. The van der Waals surface area contributed by atoms with Crippen molar-refractivity contribution in [1.29, 1.82) is 0 Å². The lowest BCUT2D eigenvalue weighted by Gasteiger charge is -2.36. The molecule has 2 aromatic heterocycles. The SMILES string of the molecule is O=C(Cc1csc(NC(c2ccccc2)(c2ccccc2)c2ccccc2)n1)NCCCc1nc(F)[nH]c1C(c1ccccc1)(c1ccccc1)c1ccccc1. The number of benzene rings is 6. The fourth-order valence-corrected chi connectivity index (χ4v) is 8.73. The van der Waals surface area contributed by atoms with Crippen molar-refractivity contribution < 1.29 is 9.18 Å². The van der Waals surface area contributed by atoms with Crippen LogP contribution in [0.25, 0.3) is 0 Å².